The number of amides is 1. The van der Waals surface area contributed by atoms with Gasteiger partial charge in [0.1, 0.15) is 6.04 Å². The molecule has 1 aromatic carbocycles. The SMILES string of the molecule is O=C(NCc1ccccc1)C1COCN1. The van der Waals surface area contributed by atoms with Crippen molar-refractivity contribution in [2.45, 2.75) is 12.6 Å². The summed E-state index contributed by atoms with van der Waals surface area (Å²) >= 11 is 0. The van der Waals surface area contributed by atoms with E-state index in [9.17, 15) is 4.79 Å². The van der Waals surface area contributed by atoms with E-state index in [0.717, 1.165) is 5.56 Å². The summed E-state index contributed by atoms with van der Waals surface area (Å²) in [6, 6.07) is 9.64. The van der Waals surface area contributed by atoms with E-state index in [1.54, 1.807) is 0 Å². The molecule has 1 unspecified atom stereocenters. The predicted molar refractivity (Wildman–Crippen MR) is 56.0 cm³/mol. The van der Waals surface area contributed by atoms with Crippen molar-refractivity contribution in [3.05, 3.63) is 35.9 Å². The molecule has 0 spiro atoms. The zero-order valence-electron chi connectivity index (χ0n) is 8.40. The van der Waals surface area contributed by atoms with E-state index in [-0.39, 0.29) is 11.9 Å². The molecule has 1 saturated heterocycles. The molecule has 0 bridgehead atoms. The molecule has 1 aliphatic rings. The van der Waals surface area contributed by atoms with Crippen LogP contribution in [0.15, 0.2) is 30.3 Å². The van der Waals surface area contributed by atoms with Gasteiger partial charge in [0.2, 0.25) is 5.91 Å². The minimum atomic E-state index is -0.200. The first-order valence-corrected chi connectivity index (χ1v) is 4.99. The van der Waals surface area contributed by atoms with Crippen molar-refractivity contribution in [3.63, 3.8) is 0 Å². The Morgan fingerprint density at radius 3 is 2.93 bits per heavy atom. The largest absolute Gasteiger partial charge is 0.364 e. The fourth-order valence-electron chi connectivity index (χ4n) is 1.47. The molecule has 1 fully saturated rings. The Morgan fingerprint density at radius 2 is 2.27 bits per heavy atom. The van der Waals surface area contributed by atoms with Crippen molar-refractivity contribution in [1.82, 2.24) is 10.6 Å². The fourth-order valence-corrected chi connectivity index (χ4v) is 1.47. The number of hydrogen-bond acceptors (Lipinski definition) is 3. The van der Waals surface area contributed by atoms with Gasteiger partial charge in [-0.15, -0.1) is 0 Å². The fraction of sp³-hybridized carbons (Fsp3) is 0.364. The third-order valence-corrected chi connectivity index (χ3v) is 2.34. The van der Waals surface area contributed by atoms with Gasteiger partial charge in [0, 0.05) is 6.54 Å². The molecule has 4 heteroatoms. The van der Waals surface area contributed by atoms with Gasteiger partial charge in [-0.3, -0.25) is 10.1 Å². The number of hydrogen-bond donors (Lipinski definition) is 2. The summed E-state index contributed by atoms with van der Waals surface area (Å²) in [5.74, 6) is -0.00338. The first-order chi connectivity index (χ1) is 7.36. The summed E-state index contributed by atoms with van der Waals surface area (Å²) in [5, 5.41) is 5.82. The molecule has 2 N–H and O–H groups in total. The molecule has 1 amide bonds. The molecule has 0 radical (unpaired) electrons. The van der Waals surface area contributed by atoms with Gasteiger partial charge in [-0.1, -0.05) is 30.3 Å². The second-order valence-electron chi connectivity index (χ2n) is 3.48. The second kappa shape index (κ2) is 4.91. The Hall–Kier alpha value is -1.39. The Balaban J connectivity index is 1.80. The maximum atomic E-state index is 11.6. The molecule has 1 heterocycles. The molecule has 2 rings (SSSR count). The molecule has 0 aromatic heterocycles. The lowest BCUT2D eigenvalue weighted by Crippen LogP contribution is -2.41. The van der Waals surface area contributed by atoms with Crippen LogP contribution in [0.5, 0.6) is 0 Å². The van der Waals surface area contributed by atoms with E-state index >= 15 is 0 Å². The van der Waals surface area contributed by atoms with Crippen LogP contribution in [-0.2, 0) is 16.1 Å². The monoisotopic (exact) mass is 206 g/mol. The van der Waals surface area contributed by atoms with E-state index in [2.05, 4.69) is 10.6 Å². The minimum absolute atomic E-state index is 0.00338. The molecule has 4 nitrogen and oxygen atoms in total. The lowest BCUT2D eigenvalue weighted by Gasteiger charge is -2.09. The molecule has 0 aliphatic carbocycles. The van der Waals surface area contributed by atoms with E-state index in [0.29, 0.717) is 19.9 Å². The highest BCUT2D eigenvalue weighted by atomic mass is 16.5. The van der Waals surface area contributed by atoms with Crippen LogP contribution in [0, 0.1) is 0 Å². The number of benzene rings is 1. The number of ether oxygens (including phenoxy) is 1. The first-order valence-electron chi connectivity index (χ1n) is 4.99. The third kappa shape index (κ3) is 2.78. The molecule has 1 atom stereocenters. The van der Waals surface area contributed by atoms with Crippen molar-refractivity contribution in [3.8, 4) is 0 Å². The summed E-state index contributed by atoms with van der Waals surface area (Å²) in [6.07, 6.45) is 0. The van der Waals surface area contributed by atoms with Crippen LogP contribution in [0.3, 0.4) is 0 Å². The van der Waals surface area contributed by atoms with Crippen LogP contribution in [-0.4, -0.2) is 25.3 Å². The summed E-state index contributed by atoms with van der Waals surface area (Å²) in [7, 11) is 0. The molecule has 0 saturated carbocycles. The Labute approximate surface area is 88.6 Å². The number of nitrogens with one attached hydrogen (secondary N) is 2. The number of carbonyl (C=O) groups excluding carboxylic acids is 1. The Bertz CT molecular complexity index is 321. The normalized spacial score (nSPS) is 20.1. The second-order valence-corrected chi connectivity index (χ2v) is 3.48. The topological polar surface area (TPSA) is 50.4 Å². The van der Waals surface area contributed by atoms with Crippen molar-refractivity contribution < 1.29 is 9.53 Å². The summed E-state index contributed by atoms with van der Waals surface area (Å²) in [4.78, 5) is 11.6. The van der Waals surface area contributed by atoms with Gasteiger partial charge < -0.3 is 10.1 Å². The zero-order chi connectivity index (χ0) is 10.5. The molecule has 80 valence electrons. The third-order valence-electron chi connectivity index (χ3n) is 2.34. The van der Waals surface area contributed by atoms with Crippen LogP contribution in [0.1, 0.15) is 5.56 Å². The van der Waals surface area contributed by atoms with E-state index < -0.39 is 0 Å². The van der Waals surface area contributed by atoms with Crippen LogP contribution in [0.2, 0.25) is 0 Å². The average molecular weight is 206 g/mol. The highest BCUT2D eigenvalue weighted by Gasteiger charge is 2.21. The Kier molecular flexibility index (Phi) is 3.32. The van der Waals surface area contributed by atoms with Gasteiger partial charge >= 0.3 is 0 Å². The molecular formula is C11H14N2O2. The predicted octanol–water partition coefficient (Wildman–Crippen LogP) is 0.249. The van der Waals surface area contributed by atoms with Gasteiger partial charge in [0.15, 0.2) is 0 Å². The van der Waals surface area contributed by atoms with Crippen molar-refractivity contribution in [2.24, 2.45) is 0 Å². The van der Waals surface area contributed by atoms with E-state index in [1.807, 2.05) is 30.3 Å². The van der Waals surface area contributed by atoms with Crippen LogP contribution in [0.4, 0.5) is 0 Å². The quantitative estimate of drug-likeness (QED) is 0.745. The summed E-state index contributed by atoms with van der Waals surface area (Å²) in [6.45, 7) is 1.49. The van der Waals surface area contributed by atoms with Crippen molar-refractivity contribution in [2.75, 3.05) is 13.3 Å². The maximum absolute atomic E-state index is 11.6. The van der Waals surface area contributed by atoms with Crippen molar-refractivity contribution >= 4 is 5.91 Å². The molecule has 1 aliphatic heterocycles. The molecule has 15 heavy (non-hydrogen) atoms. The van der Waals surface area contributed by atoms with Crippen molar-refractivity contribution in [1.29, 1.82) is 0 Å². The van der Waals surface area contributed by atoms with Gasteiger partial charge in [0.25, 0.3) is 0 Å². The van der Waals surface area contributed by atoms with Crippen LogP contribution in [0.25, 0.3) is 0 Å². The Morgan fingerprint density at radius 1 is 1.47 bits per heavy atom. The lowest BCUT2D eigenvalue weighted by atomic mass is 10.2. The maximum Gasteiger partial charge on any atom is 0.239 e. The summed E-state index contributed by atoms with van der Waals surface area (Å²) in [5.41, 5.74) is 1.10. The molecular weight excluding hydrogens is 192 g/mol. The standard InChI is InChI=1S/C11H14N2O2/c14-11(10-7-15-8-13-10)12-6-9-4-2-1-3-5-9/h1-5,10,13H,6-8H2,(H,12,14). The molecule has 1 aromatic rings. The average Bonchev–Trinajstić information content (AvgIpc) is 2.81. The lowest BCUT2D eigenvalue weighted by molar-refractivity contribution is -0.122. The number of carbonyl (C=O) groups is 1. The smallest absolute Gasteiger partial charge is 0.239 e. The van der Waals surface area contributed by atoms with E-state index in [4.69, 9.17) is 4.74 Å². The van der Waals surface area contributed by atoms with Gasteiger partial charge in [-0.2, -0.15) is 0 Å². The van der Waals surface area contributed by atoms with E-state index in [1.165, 1.54) is 0 Å². The highest BCUT2D eigenvalue weighted by molar-refractivity contribution is 5.82. The minimum Gasteiger partial charge on any atom is -0.364 e. The zero-order valence-corrected chi connectivity index (χ0v) is 8.40. The summed E-state index contributed by atoms with van der Waals surface area (Å²) < 4.78 is 5.06. The van der Waals surface area contributed by atoms with Gasteiger partial charge in [-0.25, -0.2) is 0 Å². The van der Waals surface area contributed by atoms with Crippen LogP contribution >= 0.6 is 0 Å². The number of rotatable bonds is 3. The highest BCUT2D eigenvalue weighted by Crippen LogP contribution is 1.99. The van der Waals surface area contributed by atoms with Crippen LogP contribution < -0.4 is 10.6 Å². The van der Waals surface area contributed by atoms with Gasteiger partial charge in [0.05, 0.1) is 13.3 Å². The first kappa shape index (κ1) is 10.1. The van der Waals surface area contributed by atoms with Gasteiger partial charge in [-0.05, 0) is 5.56 Å².